The van der Waals surface area contributed by atoms with Gasteiger partial charge in [-0.25, -0.2) is 14.8 Å². The Morgan fingerprint density at radius 2 is 2.26 bits per heavy atom. The number of carbonyl (C=O) groups is 1. The highest BCUT2D eigenvalue weighted by molar-refractivity contribution is 5.84. The minimum Gasteiger partial charge on any atom is -0.476 e. The third-order valence-electron chi connectivity index (χ3n) is 3.05. The van der Waals surface area contributed by atoms with Gasteiger partial charge < -0.3 is 14.4 Å². The average molecular weight is 259 g/mol. The number of carboxylic acids is 1. The highest BCUT2D eigenvalue weighted by atomic mass is 16.4. The normalized spacial score (nSPS) is 14.3. The Hall–Kier alpha value is -2.37. The van der Waals surface area contributed by atoms with Crippen molar-refractivity contribution in [1.82, 2.24) is 9.97 Å². The van der Waals surface area contributed by atoms with Crippen LogP contribution in [0.2, 0.25) is 0 Å². The minimum absolute atomic E-state index is 0.0440. The lowest BCUT2D eigenvalue weighted by atomic mass is 10.3. The molecule has 2 heterocycles. The molecular weight excluding hydrogens is 246 g/mol. The number of aromatic carboxylic acids is 1. The van der Waals surface area contributed by atoms with Gasteiger partial charge in [-0.1, -0.05) is 0 Å². The maximum absolute atomic E-state index is 10.8. The third-order valence-corrected chi connectivity index (χ3v) is 3.05. The van der Waals surface area contributed by atoms with Gasteiger partial charge in [-0.05, 0) is 25.0 Å². The Morgan fingerprint density at radius 3 is 2.79 bits per heavy atom. The summed E-state index contributed by atoms with van der Waals surface area (Å²) in [6.07, 6.45) is 6.66. The van der Waals surface area contributed by atoms with Crippen molar-refractivity contribution >= 4 is 11.8 Å². The molecule has 0 bridgehead atoms. The van der Waals surface area contributed by atoms with Gasteiger partial charge >= 0.3 is 5.97 Å². The lowest BCUT2D eigenvalue weighted by Crippen LogP contribution is -2.26. The van der Waals surface area contributed by atoms with E-state index in [0.29, 0.717) is 18.4 Å². The van der Waals surface area contributed by atoms with E-state index in [4.69, 9.17) is 9.52 Å². The molecule has 0 radical (unpaired) electrons. The zero-order chi connectivity index (χ0) is 13.2. The van der Waals surface area contributed by atoms with Gasteiger partial charge in [0.1, 0.15) is 11.6 Å². The lowest BCUT2D eigenvalue weighted by molar-refractivity contribution is 0.0690. The number of aromatic nitrogens is 2. The Kier molecular flexibility index (Phi) is 2.91. The summed E-state index contributed by atoms with van der Waals surface area (Å²) < 4.78 is 5.34. The summed E-state index contributed by atoms with van der Waals surface area (Å²) in [5.41, 5.74) is -0.0440. The monoisotopic (exact) mass is 259 g/mol. The summed E-state index contributed by atoms with van der Waals surface area (Å²) in [6.45, 7) is 0.624. The Morgan fingerprint density at radius 1 is 1.42 bits per heavy atom. The average Bonchev–Trinajstić information content (AvgIpc) is 3.13. The molecule has 0 amide bonds. The lowest BCUT2D eigenvalue weighted by Gasteiger charge is -2.21. The molecular formula is C13H13N3O3. The van der Waals surface area contributed by atoms with Crippen LogP contribution in [0, 0.1) is 0 Å². The van der Waals surface area contributed by atoms with E-state index >= 15 is 0 Å². The Labute approximate surface area is 109 Å². The van der Waals surface area contributed by atoms with Gasteiger partial charge in [-0.15, -0.1) is 0 Å². The molecule has 3 rings (SSSR count). The quantitative estimate of drug-likeness (QED) is 0.883. The molecule has 0 unspecified atom stereocenters. The fourth-order valence-corrected chi connectivity index (χ4v) is 1.93. The zero-order valence-electron chi connectivity index (χ0n) is 10.2. The minimum atomic E-state index is -1.07. The summed E-state index contributed by atoms with van der Waals surface area (Å²) >= 11 is 0. The largest absolute Gasteiger partial charge is 0.476 e. The third kappa shape index (κ3) is 2.57. The molecule has 0 aromatic carbocycles. The van der Waals surface area contributed by atoms with Crippen molar-refractivity contribution < 1.29 is 14.3 Å². The van der Waals surface area contributed by atoms with Crippen molar-refractivity contribution in [3.63, 3.8) is 0 Å². The van der Waals surface area contributed by atoms with E-state index in [1.54, 1.807) is 6.26 Å². The van der Waals surface area contributed by atoms with Crippen LogP contribution < -0.4 is 4.90 Å². The molecule has 6 heteroatoms. The van der Waals surface area contributed by atoms with E-state index < -0.39 is 5.97 Å². The molecule has 98 valence electrons. The smallest absolute Gasteiger partial charge is 0.356 e. The van der Waals surface area contributed by atoms with Crippen LogP contribution in [-0.2, 0) is 6.54 Å². The topological polar surface area (TPSA) is 79.5 Å². The molecule has 1 aliphatic rings. The van der Waals surface area contributed by atoms with Gasteiger partial charge in [0, 0.05) is 6.04 Å². The molecule has 19 heavy (non-hydrogen) atoms. The molecule has 2 aromatic heterocycles. The van der Waals surface area contributed by atoms with Crippen molar-refractivity contribution in [1.29, 1.82) is 0 Å². The summed E-state index contributed by atoms with van der Waals surface area (Å²) in [5.74, 6) is 0.475. The highest BCUT2D eigenvalue weighted by Gasteiger charge is 2.30. The standard InChI is InChI=1S/C13H13N3O3/c17-13(18)11-6-15-12(7-14-11)16(9-3-4-9)8-10-2-1-5-19-10/h1-2,5-7,9H,3-4,8H2,(H,17,18). The van der Waals surface area contributed by atoms with Gasteiger partial charge in [-0.3, -0.25) is 0 Å². The summed E-state index contributed by atoms with van der Waals surface area (Å²) in [7, 11) is 0. The molecule has 1 N–H and O–H groups in total. The van der Waals surface area contributed by atoms with Crippen LogP contribution in [0.1, 0.15) is 29.1 Å². The number of nitrogens with zero attached hydrogens (tertiary/aromatic N) is 3. The van der Waals surface area contributed by atoms with E-state index in [0.717, 1.165) is 18.6 Å². The van der Waals surface area contributed by atoms with Crippen molar-refractivity contribution in [2.45, 2.75) is 25.4 Å². The van der Waals surface area contributed by atoms with Gasteiger partial charge in [0.05, 0.1) is 25.2 Å². The number of hydrogen-bond acceptors (Lipinski definition) is 5. The van der Waals surface area contributed by atoms with E-state index in [1.165, 1.54) is 12.4 Å². The first-order valence-electron chi connectivity index (χ1n) is 6.08. The fraction of sp³-hybridized carbons (Fsp3) is 0.308. The first-order valence-corrected chi connectivity index (χ1v) is 6.08. The van der Waals surface area contributed by atoms with Crippen LogP contribution in [0.4, 0.5) is 5.82 Å². The zero-order valence-corrected chi connectivity index (χ0v) is 10.2. The highest BCUT2D eigenvalue weighted by Crippen LogP contribution is 2.31. The van der Waals surface area contributed by atoms with E-state index in [2.05, 4.69) is 14.9 Å². The summed E-state index contributed by atoms with van der Waals surface area (Å²) in [4.78, 5) is 20.9. The van der Waals surface area contributed by atoms with Crippen LogP contribution in [0.5, 0.6) is 0 Å². The molecule has 0 aliphatic heterocycles. The van der Waals surface area contributed by atoms with Crippen LogP contribution in [0.25, 0.3) is 0 Å². The van der Waals surface area contributed by atoms with E-state index in [-0.39, 0.29) is 5.69 Å². The number of rotatable bonds is 5. The SMILES string of the molecule is O=C(O)c1cnc(N(Cc2ccco2)C2CC2)cn1. The number of anilines is 1. The van der Waals surface area contributed by atoms with Crippen molar-refractivity contribution in [2.24, 2.45) is 0 Å². The van der Waals surface area contributed by atoms with E-state index in [1.807, 2.05) is 12.1 Å². The molecule has 6 nitrogen and oxygen atoms in total. The predicted octanol–water partition coefficient (Wildman–Crippen LogP) is 1.94. The van der Waals surface area contributed by atoms with Gasteiger partial charge in [-0.2, -0.15) is 0 Å². The van der Waals surface area contributed by atoms with Crippen LogP contribution in [0.15, 0.2) is 35.2 Å². The molecule has 1 fully saturated rings. The van der Waals surface area contributed by atoms with E-state index in [9.17, 15) is 4.79 Å². The second-order valence-corrected chi connectivity index (χ2v) is 4.50. The molecule has 1 aliphatic carbocycles. The Bertz CT molecular complexity index is 561. The first-order chi connectivity index (χ1) is 9.24. The fourth-order valence-electron chi connectivity index (χ4n) is 1.93. The van der Waals surface area contributed by atoms with Crippen LogP contribution in [-0.4, -0.2) is 27.1 Å². The van der Waals surface area contributed by atoms with Gasteiger partial charge in [0.25, 0.3) is 0 Å². The molecule has 0 spiro atoms. The number of furan rings is 1. The Balaban J connectivity index is 1.81. The molecule has 1 saturated carbocycles. The van der Waals surface area contributed by atoms with Gasteiger partial charge in [0.2, 0.25) is 0 Å². The number of carboxylic acid groups (broad SMARTS) is 1. The second-order valence-electron chi connectivity index (χ2n) is 4.50. The van der Waals surface area contributed by atoms with Crippen LogP contribution >= 0.6 is 0 Å². The molecule has 2 aromatic rings. The molecule has 0 saturated heterocycles. The van der Waals surface area contributed by atoms with Crippen molar-refractivity contribution in [3.8, 4) is 0 Å². The summed E-state index contributed by atoms with van der Waals surface area (Å²) in [5, 5.41) is 8.81. The second kappa shape index (κ2) is 4.72. The summed E-state index contributed by atoms with van der Waals surface area (Å²) in [6, 6.07) is 4.20. The van der Waals surface area contributed by atoms with Crippen molar-refractivity contribution in [3.05, 3.63) is 42.2 Å². The number of hydrogen-bond donors (Lipinski definition) is 1. The van der Waals surface area contributed by atoms with Crippen molar-refractivity contribution in [2.75, 3.05) is 4.90 Å². The van der Waals surface area contributed by atoms with Gasteiger partial charge in [0.15, 0.2) is 5.69 Å². The first kappa shape index (κ1) is 11.7. The predicted molar refractivity (Wildman–Crippen MR) is 66.9 cm³/mol. The molecule has 0 atom stereocenters. The maximum Gasteiger partial charge on any atom is 0.356 e. The van der Waals surface area contributed by atoms with Crippen LogP contribution in [0.3, 0.4) is 0 Å². The maximum atomic E-state index is 10.8.